The third kappa shape index (κ3) is 2.72. The summed E-state index contributed by atoms with van der Waals surface area (Å²) < 4.78 is 1.90. The number of nitrogens with one attached hydrogen (secondary N) is 1. The number of aromatic nitrogens is 2. The Balaban J connectivity index is 2.13. The van der Waals surface area contributed by atoms with Gasteiger partial charge in [0.05, 0.1) is 23.4 Å². The summed E-state index contributed by atoms with van der Waals surface area (Å²) in [5, 5.41) is 25.2. The van der Waals surface area contributed by atoms with E-state index in [0.717, 1.165) is 17.9 Å². The minimum absolute atomic E-state index is 0.386. The second-order valence-corrected chi connectivity index (χ2v) is 3.98. The Kier molecular flexibility index (Phi) is 3.80. The van der Waals surface area contributed by atoms with Gasteiger partial charge in [0.15, 0.2) is 0 Å². The van der Waals surface area contributed by atoms with Crippen molar-refractivity contribution >= 4 is 5.69 Å². The monoisotopic (exact) mass is 251 g/mol. The molecule has 0 spiro atoms. The molecule has 94 valence electrons. The molecule has 0 aliphatic heterocycles. The van der Waals surface area contributed by atoms with E-state index in [1.54, 1.807) is 24.4 Å². The van der Waals surface area contributed by atoms with E-state index < -0.39 is 0 Å². The topological polar surface area (TPSA) is 77.4 Å². The van der Waals surface area contributed by atoms with E-state index in [-0.39, 0.29) is 0 Å². The van der Waals surface area contributed by atoms with Gasteiger partial charge in [0, 0.05) is 18.4 Å². The van der Waals surface area contributed by atoms with E-state index in [2.05, 4.69) is 10.4 Å². The van der Waals surface area contributed by atoms with Crippen LogP contribution in [0.25, 0.3) is 0 Å². The van der Waals surface area contributed by atoms with Gasteiger partial charge < -0.3 is 5.32 Å². The predicted octanol–water partition coefficient (Wildman–Crippen LogP) is 2.26. The Morgan fingerprint density at radius 2 is 2.00 bits per heavy atom. The van der Waals surface area contributed by atoms with Crippen molar-refractivity contribution in [1.29, 1.82) is 10.5 Å². The van der Waals surface area contributed by atoms with Crippen LogP contribution in [-0.4, -0.2) is 9.78 Å². The smallest absolute Gasteiger partial charge is 0.101 e. The van der Waals surface area contributed by atoms with Crippen molar-refractivity contribution in [2.24, 2.45) is 0 Å². The van der Waals surface area contributed by atoms with E-state index in [1.807, 2.05) is 29.8 Å². The fourth-order valence-corrected chi connectivity index (χ4v) is 1.83. The second-order valence-electron chi connectivity index (χ2n) is 3.98. The molecular formula is C14H13N5. The fourth-order valence-electron chi connectivity index (χ4n) is 1.83. The number of rotatable bonds is 4. The quantitative estimate of drug-likeness (QED) is 0.904. The van der Waals surface area contributed by atoms with E-state index in [1.165, 1.54) is 0 Å². The number of nitriles is 2. The Bertz CT molecular complexity index is 657. The summed E-state index contributed by atoms with van der Waals surface area (Å²) in [5.74, 6) is 0. The lowest BCUT2D eigenvalue weighted by molar-refractivity contribution is 0.627. The van der Waals surface area contributed by atoms with Crippen LogP contribution in [0.5, 0.6) is 0 Å². The molecular weight excluding hydrogens is 238 g/mol. The van der Waals surface area contributed by atoms with Crippen molar-refractivity contribution in [2.45, 2.75) is 20.0 Å². The normalized spacial score (nSPS) is 9.63. The number of benzene rings is 1. The van der Waals surface area contributed by atoms with Crippen LogP contribution >= 0.6 is 0 Å². The van der Waals surface area contributed by atoms with Crippen molar-refractivity contribution in [3.8, 4) is 12.1 Å². The second kappa shape index (κ2) is 5.70. The molecule has 5 nitrogen and oxygen atoms in total. The van der Waals surface area contributed by atoms with Crippen molar-refractivity contribution in [2.75, 3.05) is 5.32 Å². The van der Waals surface area contributed by atoms with Gasteiger partial charge in [-0.25, -0.2) is 0 Å². The first-order chi connectivity index (χ1) is 9.28. The van der Waals surface area contributed by atoms with Gasteiger partial charge >= 0.3 is 0 Å². The molecule has 1 aromatic heterocycles. The van der Waals surface area contributed by atoms with Gasteiger partial charge in [-0.15, -0.1) is 0 Å². The molecule has 0 bridgehead atoms. The molecule has 0 atom stereocenters. The minimum atomic E-state index is 0.386. The lowest BCUT2D eigenvalue weighted by Gasteiger charge is -2.08. The highest BCUT2D eigenvalue weighted by atomic mass is 15.3. The van der Waals surface area contributed by atoms with Crippen LogP contribution in [0.4, 0.5) is 5.69 Å². The molecule has 1 heterocycles. The van der Waals surface area contributed by atoms with Gasteiger partial charge in [0.2, 0.25) is 0 Å². The van der Waals surface area contributed by atoms with Crippen molar-refractivity contribution in [1.82, 2.24) is 9.78 Å². The van der Waals surface area contributed by atoms with Crippen LogP contribution in [0.1, 0.15) is 23.7 Å². The molecule has 19 heavy (non-hydrogen) atoms. The lowest BCUT2D eigenvalue weighted by atomic mass is 10.1. The summed E-state index contributed by atoms with van der Waals surface area (Å²) >= 11 is 0. The Labute approximate surface area is 111 Å². The average molecular weight is 251 g/mol. The summed E-state index contributed by atoms with van der Waals surface area (Å²) in [4.78, 5) is 0. The number of hydrogen-bond acceptors (Lipinski definition) is 4. The van der Waals surface area contributed by atoms with E-state index in [4.69, 9.17) is 10.5 Å². The van der Waals surface area contributed by atoms with Gasteiger partial charge in [-0.1, -0.05) is 0 Å². The zero-order chi connectivity index (χ0) is 13.7. The molecule has 0 amide bonds. The largest absolute Gasteiger partial charge is 0.379 e. The molecule has 0 saturated carbocycles. The zero-order valence-electron chi connectivity index (χ0n) is 10.6. The third-order valence-electron chi connectivity index (χ3n) is 2.84. The molecule has 0 aliphatic rings. The van der Waals surface area contributed by atoms with Crippen molar-refractivity contribution in [3.05, 3.63) is 47.3 Å². The molecule has 2 rings (SSSR count). The molecule has 0 radical (unpaired) electrons. The summed E-state index contributed by atoms with van der Waals surface area (Å²) in [5.41, 5.74) is 2.67. The van der Waals surface area contributed by atoms with E-state index in [9.17, 15) is 0 Å². The van der Waals surface area contributed by atoms with Crippen molar-refractivity contribution < 1.29 is 0 Å². The van der Waals surface area contributed by atoms with Gasteiger partial charge in [0.1, 0.15) is 12.1 Å². The lowest BCUT2D eigenvalue weighted by Crippen LogP contribution is -2.08. The van der Waals surface area contributed by atoms with E-state index >= 15 is 0 Å². The molecule has 0 unspecified atom stereocenters. The number of aryl methyl sites for hydroxylation is 1. The first-order valence-corrected chi connectivity index (χ1v) is 5.97. The first-order valence-electron chi connectivity index (χ1n) is 5.97. The van der Waals surface area contributed by atoms with Crippen LogP contribution in [0.3, 0.4) is 0 Å². The SMILES string of the molecule is CCn1nccc1CNc1ccc(C#N)c(C#N)c1. The Hall–Kier alpha value is -2.79. The van der Waals surface area contributed by atoms with E-state index in [0.29, 0.717) is 17.7 Å². The molecule has 0 fully saturated rings. The van der Waals surface area contributed by atoms with Crippen LogP contribution in [-0.2, 0) is 13.1 Å². The highest BCUT2D eigenvalue weighted by Gasteiger charge is 2.04. The molecule has 1 aromatic carbocycles. The van der Waals surface area contributed by atoms with Crippen LogP contribution in [0, 0.1) is 22.7 Å². The molecule has 1 N–H and O–H groups in total. The van der Waals surface area contributed by atoms with Crippen LogP contribution in [0.2, 0.25) is 0 Å². The highest BCUT2D eigenvalue weighted by Crippen LogP contribution is 2.15. The van der Waals surface area contributed by atoms with Crippen molar-refractivity contribution in [3.63, 3.8) is 0 Å². The summed E-state index contributed by atoms with van der Waals surface area (Å²) in [6.07, 6.45) is 1.76. The van der Waals surface area contributed by atoms with Crippen LogP contribution < -0.4 is 5.32 Å². The molecule has 0 aliphatic carbocycles. The van der Waals surface area contributed by atoms with Gasteiger partial charge in [-0.3, -0.25) is 4.68 Å². The standard InChI is InChI=1S/C14H13N5/c1-2-19-14(5-6-18-19)10-17-13-4-3-11(8-15)12(7-13)9-16/h3-7,17H,2,10H2,1H3. The number of anilines is 1. The summed E-state index contributed by atoms with van der Waals surface area (Å²) in [6, 6.07) is 11.1. The Morgan fingerprint density at radius 1 is 1.21 bits per heavy atom. The average Bonchev–Trinajstić information content (AvgIpc) is 2.92. The van der Waals surface area contributed by atoms with Gasteiger partial charge in [-0.2, -0.15) is 15.6 Å². The maximum atomic E-state index is 8.97. The molecule has 2 aromatic rings. The van der Waals surface area contributed by atoms with Crippen LogP contribution in [0.15, 0.2) is 30.5 Å². The highest BCUT2D eigenvalue weighted by molar-refractivity contribution is 5.56. The van der Waals surface area contributed by atoms with Gasteiger partial charge in [-0.05, 0) is 31.2 Å². The first kappa shape index (κ1) is 12.7. The Morgan fingerprint density at radius 3 is 2.68 bits per heavy atom. The zero-order valence-corrected chi connectivity index (χ0v) is 10.6. The summed E-state index contributed by atoms with van der Waals surface area (Å²) in [6.45, 7) is 3.48. The summed E-state index contributed by atoms with van der Waals surface area (Å²) in [7, 11) is 0. The maximum absolute atomic E-state index is 8.97. The molecule has 0 saturated heterocycles. The number of hydrogen-bond donors (Lipinski definition) is 1. The maximum Gasteiger partial charge on any atom is 0.101 e. The number of nitrogens with zero attached hydrogens (tertiary/aromatic N) is 4. The molecule has 5 heteroatoms. The van der Waals surface area contributed by atoms with Gasteiger partial charge in [0.25, 0.3) is 0 Å². The fraction of sp³-hybridized carbons (Fsp3) is 0.214. The predicted molar refractivity (Wildman–Crippen MR) is 71.1 cm³/mol. The third-order valence-corrected chi connectivity index (χ3v) is 2.84. The minimum Gasteiger partial charge on any atom is -0.379 e.